The van der Waals surface area contributed by atoms with E-state index in [-0.39, 0.29) is 17.9 Å². The Morgan fingerprint density at radius 1 is 1.14 bits per heavy atom. The average Bonchev–Trinajstić information content (AvgIpc) is 3.28. The van der Waals surface area contributed by atoms with E-state index in [0.29, 0.717) is 19.6 Å². The summed E-state index contributed by atoms with van der Waals surface area (Å²) >= 11 is 0. The van der Waals surface area contributed by atoms with Crippen molar-refractivity contribution in [3.63, 3.8) is 0 Å². The van der Waals surface area contributed by atoms with E-state index in [1.54, 1.807) is 12.4 Å². The Morgan fingerprint density at radius 3 is 2.66 bits per heavy atom. The molecule has 0 radical (unpaired) electrons. The number of hydrogen-bond acceptors (Lipinski definition) is 4. The maximum absolute atomic E-state index is 12.8. The number of pyridine rings is 1. The summed E-state index contributed by atoms with van der Waals surface area (Å²) in [6.07, 6.45) is 4.80. The quantitative estimate of drug-likeness (QED) is 0.703. The number of benzene rings is 1. The lowest BCUT2D eigenvalue weighted by Gasteiger charge is -2.19. The third-order valence-electron chi connectivity index (χ3n) is 5.57. The number of nitrogens with zero attached hydrogens (tertiary/aromatic N) is 3. The molecule has 2 atom stereocenters. The highest BCUT2D eigenvalue weighted by Gasteiger charge is 2.30. The van der Waals surface area contributed by atoms with E-state index in [4.69, 9.17) is 4.74 Å². The molecule has 0 bridgehead atoms. The van der Waals surface area contributed by atoms with Gasteiger partial charge in [0.2, 0.25) is 5.91 Å². The summed E-state index contributed by atoms with van der Waals surface area (Å²) in [4.78, 5) is 16.9. The van der Waals surface area contributed by atoms with Crippen LogP contribution in [0, 0.1) is 19.8 Å². The second-order valence-corrected chi connectivity index (χ2v) is 7.60. The van der Waals surface area contributed by atoms with Crippen molar-refractivity contribution in [2.45, 2.75) is 32.7 Å². The van der Waals surface area contributed by atoms with Gasteiger partial charge in [0.1, 0.15) is 0 Å². The Labute approximate surface area is 170 Å². The predicted molar refractivity (Wildman–Crippen MR) is 111 cm³/mol. The molecule has 6 nitrogen and oxygen atoms in total. The number of hydrogen-bond donors (Lipinski definition) is 1. The fourth-order valence-electron chi connectivity index (χ4n) is 3.95. The van der Waals surface area contributed by atoms with Gasteiger partial charge >= 0.3 is 0 Å². The van der Waals surface area contributed by atoms with Crippen LogP contribution in [0.25, 0.3) is 5.69 Å². The number of amides is 1. The van der Waals surface area contributed by atoms with E-state index in [0.717, 1.165) is 29.1 Å². The van der Waals surface area contributed by atoms with Crippen molar-refractivity contribution in [3.05, 3.63) is 77.4 Å². The molecule has 2 aromatic heterocycles. The zero-order valence-corrected chi connectivity index (χ0v) is 16.8. The fourth-order valence-corrected chi connectivity index (χ4v) is 3.95. The van der Waals surface area contributed by atoms with Crippen LogP contribution in [0.5, 0.6) is 0 Å². The smallest absolute Gasteiger partial charge is 0.224 e. The molecule has 1 amide bonds. The van der Waals surface area contributed by atoms with E-state index in [2.05, 4.69) is 15.4 Å². The van der Waals surface area contributed by atoms with Crippen molar-refractivity contribution in [1.82, 2.24) is 20.1 Å². The summed E-state index contributed by atoms with van der Waals surface area (Å²) in [5.41, 5.74) is 5.08. The van der Waals surface area contributed by atoms with Gasteiger partial charge in [0.25, 0.3) is 0 Å². The zero-order chi connectivity index (χ0) is 20.2. The molecule has 1 aliphatic heterocycles. The molecular formula is C23H26N4O2. The van der Waals surface area contributed by atoms with Crippen LogP contribution in [0.3, 0.4) is 0 Å². The number of nitrogens with one attached hydrogen (secondary N) is 1. The minimum atomic E-state index is 0.0130. The Hall–Kier alpha value is -2.99. The van der Waals surface area contributed by atoms with Gasteiger partial charge in [-0.1, -0.05) is 18.2 Å². The lowest BCUT2D eigenvalue weighted by atomic mass is 9.95. The van der Waals surface area contributed by atoms with Crippen LogP contribution in [-0.4, -0.2) is 39.9 Å². The monoisotopic (exact) mass is 390 g/mol. The van der Waals surface area contributed by atoms with Crippen LogP contribution in [0.4, 0.5) is 0 Å². The number of ether oxygens (including phenoxy) is 1. The molecule has 150 valence electrons. The van der Waals surface area contributed by atoms with Crippen LogP contribution < -0.4 is 5.32 Å². The number of aryl methyl sites for hydroxylation is 1. The first-order valence-electron chi connectivity index (χ1n) is 9.98. The summed E-state index contributed by atoms with van der Waals surface area (Å²) in [5, 5.41) is 7.83. The number of carbonyl (C=O) groups excluding carboxylic acids is 1. The Balaban J connectivity index is 1.43. The van der Waals surface area contributed by atoms with Crippen molar-refractivity contribution in [3.8, 4) is 5.69 Å². The molecule has 4 rings (SSSR count). The van der Waals surface area contributed by atoms with E-state index in [9.17, 15) is 4.79 Å². The van der Waals surface area contributed by atoms with E-state index in [1.807, 2.05) is 61.0 Å². The van der Waals surface area contributed by atoms with Crippen molar-refractivity contribution in [1.29, 1.82) is 0 Å². The minimum absolute atomic E-state index is 0.0130. The third-order valence-corrected chi connectivity index (χ3v) is 5.57. The van der Waals surface area contributed by atoms with E-state index >= 15 is 0 Å². The molecule has 0 aliphatic carbocycles. The van der Waals surface area contributed by atoms with Gasteiger partial charge in [0, 0.05) is 29.6 Å². The predicted octanol–water partition coefficient (Wildman–Crippen LogP) is 2.80. The molecule has 1 fully saturated rings. The minimum Gasteiger partial charge on any atom is -0.379 e. The van der Waals surface area contributed by atoms with Crippen molar-refractivity contribution < 1.29 is 9.53 Å². The van der Waals surface area contributed by atoms with Gasteiger partial charge in [-0.25, -0.2) is 4.68 Å². The van der Waals surface area contributed by atoms with Gasteiger partial charge in [-0.2, -0.15) is 5.10 Å². The number of carbonyl (C=O) groups is 1. The average molecular weight is 390 g/mol. The highest BCUT2D eigenvalue weighted by molar-refractivity contribution is 5.79. The van der Waals surface area contributed by atoms with Crippen LogP contribution in [-0.2, 0) is 22.4 Å². The molecule has 3 aromatic rings. The SMILES string of the molecule is Cc1nn(-c2ccccc2)c(C)c1CC(=O)N[C@@H]1COC[C@H]1Cc1ccncc1. The molecule has 0 unspecified atom stereocenters. The highest BCUT2D eigenvalue weighted by Crippen LogP contribution is 2.21. The van der Waals surface area contributed by atoms with Gasteiger partial charge in [-0.3, -0.25) is 9.78 Å². The van der Waals surface area contributed by atoms with Crippen LogP contribution in [0.15, 0.2) is 54.9 Å². The molecular weight excluding hydrogens is 364 g/mol. The Kier molecular flexibility index (Phi) is 5.71. The van der Waals surface area contributed by atoms with E-state index < -0.39 is 0 Å². The second kappa shape index (κ2) is 8.57. The van der Waals surface area contributed by atoms with Crippen LogP contribution in [0.2, 0.25) is 0 Å². The molecule has 1 aromatic carbocycles. The highest BCUT2D eigenvalue weighted by atomic mass is 16.5. The lowest BCUT2D eigenvalue weighted by molar-refractivity contribution is -0.121. The largest absolute Gasteiger partial charge is 0.379 e. The van der Waals surface area contributed by atoms with Gasteiger partial charge in [0.15, 0.2) is 0 Å². The second-order valence-electron chi connectivity index (χ2n) is 7.60. The maximum atomic E-state index is 12.8. The first-order chi connectivity index (χ1) is 14.1. The summed E-state index contributed by atoms with van der Waals surface area (Å²) in [5.74, 6) is 0.287. The molecule has 0 saturated carbocycles. The Morgan fingerprint density at radius 2 is 1.90 bits per heavy atom. The molecule has 3 heterocycles. The van der Waals surface area contributed by atoms with Crippen molar-refractivity contribution >= 4 is 5.91 Å². The molecule has 1 N–H and O–H groups in total. The summed E-state index contributed by atoms with van der Waals surface area (Å²) in [6.45, 7) is 5.19. The first-order valence-corrected chi connectivity index (χ1v) is 9.98. The molecule has 1 saturated heterocycles. The number of para-hydroxylation sites is 1. The van der Waals surface area contributed by atoms with Crippen molar-refractivity contribution in [2.24, 2.45) is 5.92 Å². The molecule has 6 heteroatoms. The lowest BCUT2D eigenvalue weighted by Crippen LogP contribution is -2.41. The summed E-state index contributed by atoms with van der Waals surface area (Å²) < 4.78 is 7.56. The Bertz CT molecular complexity index is 969. The first kappa shape index (κ1) is 19.3. The van der Waals surface area contributed by atoms with Crippen LogP contribution in [0.1, 0.15) is 22.5 Å². The maximum Gasteiger partial charge on any atom is 0.224 e. The van der Waals surface area contributed by atoms with Gasteiger partial charge in [-0.05, 0) is 50.1 Å². The molecule has 0 spiro atoms. The number of rotatable bonds is 6. The zero-order valence-electron chi connectivity index (χ0n) is 16.8. The standard InChI is InChI=1S/C23H26N4O2/c1-16-21(17(2)27(26-16)20-6-4-3-5-7-20)13-23(28)25-22-15-29-14-19(22)12-18-8-10-24-11-9-18/h3-11,19,22H,12-15H2,1-2H3,(H,25,28)/t19-,22-/m1/s1. The van der Waals surface area contributed by atoms with Crippen LogP contribution >= 0.6 is 0 Å². The van der Waals surface area contributed by atoms with Gasteiger partial charge in [-0.15, -0.1) is 0 Å². The van der Waals surface area contributed by atoms with Crippen molar-refractivity contribution in [2.75, 3.05) is 13.2 Å². The topological polar surface area (TPSA) is 69.0 Å². The normalized spacial score (nSPS) is 18.7. The fraction of sp³-hybridized carbons (Fsp3) is 0.348. The molecule has 29 heavy (non-hydrogen) atoms. The van der Waals surface area contributed by atoms with Gasteiger partial charge in [0.05, 0.1) is 37.1 Å². The summed E-state index contributed by atoms with van der Waals surface area (Å²) in [7, 11) is 0. The third kappa shape index (κ3) is 4.38. The number of aromatic nitrogens is 3. The summed E-state index contributed by atoms with van der Waals surface area (Å²) in [6, 6.07) is 14.0. The van der Waals surface area contributed by atoms with E-state index in [1.165, 1.54) is 5.56 Å². The molecule has 1 aliphatic rings. The van der Waals surface area contributed by atoms with Gasteiger partial charge < -0.3 is 10.1 Å².